The average Bonchev–Trinajstić information content (AvgIpc) is 2.23. The van der Waals surface area contributed by atoms with Crippen molar-refractivity contribution in [1.29, 1.82) is 0 Å². The molecule has 0 amide bonds. The van der Waals surface area contributed by atoms with Gasteiger partial charge in [0.15, 0.2) is 0 Å². The Morgan fingerprint density at radius 2 is 1.64 bits per heavy atom. The van der Waals surface area contributed by atoms with Gasteiger partial charge in [-0.1, -0.05) is 27.7 Å². The van der Waals surface area contributed by atoms with Crippen molar-refractivity contribution in [3.63, 3.8) is 0 Å². The lowest BCUT2D eigenvalue weighted by atomic mass is 9.86. The fourth-order valence-corrected chi connectivity index (χ4v) is 2.28. The summed E-state index contributed by atoms with van der Waals surface area (Å²) in [6.07, 6.45) is 3.31. The maximum absolute atomic E-state index is 5.97. The second kappa shape index (κ2) is 7.24. The molecule has 0 saturated heterocycles. The number of nitrogens with one attached hydrogen (secondary N) is 1. The van der Waals surface area contributed by atoms with Crippen LogP contribution in [0.25, 0.3) is 0 Å². The van der Waals surface area contributed by atoms with Crippen LogP contribution >= 0.6 is 0 Å². The summed E-state index contributed by atoms with van der Waals surface area (Å²) in [5.41, 5.74) is 0.0412. The maximum Gasteiger partial charge on any atom is 0.0829 e. The summed E-state index contributed by atoms with van der Waals surface area (Å²) >= 11 is 0. The Morgan fingerprint density at radius 1 is 1.07 bits per heavy atom. The van der Waals surface area contributed by atoms with E-state index in [1.54, 1.807) is 0 Å². The smallest absolute Gasteiger partial charge is 0.0829 e. The quantitative estimate of drug-likeness (QED) is 0.652. The highest BCUT2D eigenvalue weighted by atomic mass is 16.5. The first-order valence-electron chi connectivity index (χ1n) is 6.07. The fourth-order valence-electron chi connectivity index (χ4n) is 2.28. The van der Waals surface area contributed by atoms with Crippen LogP contribution < -0.4 is 5.32 Å². The third-order valence-electron chi connectivity index (χ3n) is 3.12. The number of hydrogen-bond acceptors (Lipinski definition) is 2. The second-order valence-electron chi connectivity index (χ2n) is 3.72. The van der Waals surface area contributed by atoms with Crippen molar-refractivity contribution in [2.75, 3.05) is 13.2 Å². The van der Waals surface area contributed by atoms with Gasteiger partial charge in [-0.15, -0.1) is 0 Å². The molecule has 0 aliphatic rings. The molecular formula is C12H27NO. The van der Waals surface area contributed by atoms with Gasteiger partial charge in [0.05, 0.1) is 5.60 Å². The Morgan fingerprint density at radius 3 is 1.93 bits per heavy atom. The minimum Gasteiger partial charge on any atom is -0.374 e. The van der Waals surface area contributed by atoms with E-state index in [0.29, 0.717) is 6.04 Å². The Labute approximate surface area is 89.4 Å². The molecule has 0 aromatic carbocycles. The number of hydrogen-bond donors (Lipinski definition) is 1. The summed E-state index contributed by atoms with van der Waals surface area (Å²) in [5.74, 6) is 0. The van der Waals surface area contributed by atoms with Crippen molar-refractivity contribution in [2.45, 2.75) is 65.5 Å². The van der Waals surface area contributed by atoms with Crippen molar-refractivity contribution in [1.82, 2.24) is 5.32 Å². The standard InChI is InChI=1S/C12H27NO/c1-6-11(13-9-4)12(7-2,8-3)14-10-5/h11,13H,6-10H2,1-5H3. The van der Waals surface area contributed by atoms with Crippen LogP contribution in [0.4, 0.5) is 0 Å². The van der Waals surface area contributed by atoms with Gasteiger partial charge in [0, 0.05) is 12.6 Å². The van der Waals surface area contributed by atoms with Gasteiger partial charge in [-0.05, 0) is 32.7 Å². The molecule has 0 saturated carbocycles. The van der Waals surface area contributed by atoms with Gasteiger partial charge in [-0.25, -0.2) is 0 Å². The lowest BCUT2D eigenvalue weighted by Crippen LogP contribution is -2.51. The first-order chi connectivity index (χ1) is 6.70. The summed E-state index contributed by atoms with van der Waals surface area (Å²) in [6.45, 7) is 12.7. The van der Waals surface area contributed by atoms with Crippen molar-refractivity contribution in [3.05, 3.63) is 0 Å². The molecule has 86 valence electrons. The summed E-state index contributed by atoms with van der Waals surface area (Å²) < 4.78 is 5.97. The highest BCUT2D eigenvalue weighted by Crippen LogP contribution is 2.26. The van der Waals surface area contributed by atoms with Crippen molar-refractivity contribution >= 4 is 0 Å². The molecule has 2 heteroatoms. The lowest BCUT2D eigenvalue weighted by molar-refractivity contribution is -0.0724. The molecule has 0 fully saturated rings. The van der Waals surface area contributed by atoms with Gasteiger partial charge in [0.25, 0.3) is 0 Å². The molecule has 0 aliphatic carbocycles. The van der Waals surface area contributed by atoms with E-state index < -0.39 is 0 Å². The Balaban J connectivity index is 4.54. The number of ether oxygens (including phenoxy) is 1. The maximum atomic E-state index is 5.97. The third-order valence-corrected chi connectivity index (χ3v) is 3.12. The lowest BCUT2D eigenvalue weighted by Gasteiger charge is -2.39. The van der Waals surface area contributed by atoms with E-state index in [-0.39, 0.29) is 5.60 Å². The molecule has 0 rings (SSSR count). The molecule has 0 aromatic rings. The van der Waals surface area contributed by atoms with E-state index in [1.165, 1.54) is 0 Å². The number of likely N-dealkylation sites (N-methyl/N-ethyl adjacent to an activating group) is 1. The van der Waals surface area contributed by atoms with E-state index in [1.807, 2.05) is 0 Å². The van der Waals surface area contributed by atoms with Gasteiger partial charge in [0.2, 0.25) is 0 Å². The molecule has 1 unspecified atom stereocenters. The van der Waals surface area contributed by atoms with Crippen LogP contribution in [0, 0.1) is 0 Å². The molecular weight excluding hydrogens is 174 g/mol. The van der Waals surface area contributed by atoms with E-state index in [2.05, 4.69) is 39.9 Å². The highest BCUT2D eigenvalue weighted by molar-refractivity contribution is 4.90. The van der Waals surface area contributed by atoms with Gasteiger partial charge < -0.3 is 10.1 Å². The zero-order chi connectivity index (χ0) is 11.0. The first kappa shape index (κ1) is 13.9. The predicted molar refractivity (Wildman–Crippen MR) is 62.7 cm³/mol. The van der Waals surface area contributed by atoms with Gasteiger partial charge in [0.1, 0.15) is 0 Å². The van der Waals surface area contributed by atoms with Crippen molar-refractivity contribution in [2.24, 2.45) is 0 Å². The Bertz CT molecular complexity index is 132. The van der Waals surface area contributed by atoms with Crippen LogP contribution in [-0.4, -0.2) is 24.8 Å². The summed E-state index contributed by atoms with van der Waals surface area (Å²) in [4.78, 5) is 0. The predicted octanol–water partition coefficient (Wildman–Crippen LogP) is 2.97. The molecule has 2 nitrogen and oxygen atoms in total. The molecule has 0 spiro atoms. The van der Waals surface area contributed by atoms with Crippen LogP contribution in [0.15, 0.2) is 0 Å². The highest BCUT2D eigenvalue weighted by Gasteiger charge is 2.34. The molecule has 1 atom stereocenters. The third kappa shape index (κ3) is 3.25. The van der Waals surface area contributed by atoms with E-state index in [0.717, 1.165) is 32.4 Å². The zero-order valence-corrected chi connectivity index (χ0v) is 10.5. The van der Waals surface area contributed by atoms with E-state index in [9.17, 15) is 0 Å². The normalized spacial score (nSPS) is 14.4. The van der Waals surface area contributed by atoms with Crippen LogP contribution in [0.5, 0.6) is 0 Å². The van der Waals surface area contributed by atoms with Crippen LogP contribution in [-0.2, 0) is 4.74 Å². The zero-order valence-electron chi connectivity index (χ0n) is 10.5. The average molecular weight is 201 g/mol. The van der Waals surface area contributed by atoms with Crippen LogP contribution in [0.1, 0.15) is 53.9 Å². The summed E-state index contributed by atoms with van der Waals surface area (Å²) in [6, 6.07) is 0.488. The molecule has 0 radical (unpaired) electrons. The molecule has 0 heterocycles. The molecule has 14 heavy (non-hydrogen) atoms. The minimum atomic E-state index is 0.0412. The monoisotopic (exact) mass is 201 g/mol. The van der Waals surface area contributed by atoms with Crippen molar-refractivity contribution < 1.29 is 4.74 Å². The SMILES string of the molecule is CCNC(CC)C(CC)(CC)OCC. The molecule has 0 bridgehead atoms. The molecule has 0 aromatic heterocycles. The van der Waals surface area contributed by atoms with E-state index >= 15 is 0 Å². The minimum absolute atomic E-state index is 0.0412. The Hall–Kier alpha value is -0.0800. The van der Waals surface area contributed by atoms with Crippen LogP contribution in [0.2, 0.25) is 0 Å². The summed E-state index contributed by atoms with van der Waals surface area (Å²) in [5, 5.41) is 3.53. The molecule has 1 N–H and O–H groups in total. The molecule has 0 aliphatic heterocycles. The van der Waals surface area contributed by atoms with Crippen LogP contribution in [0.3, 0.4) is 0 Å². The van der Waals surface area contributed by atoms with Gasteiger partial charge in [-0.3, -0.25) is 0 Å². The van der Waals surface area contributed by atoms with Crippen molar-refractivity contribution in [3.8, 4) is 0 Å². The topological polar surface area (TPSA) is 21.3 Å². The van der Waals surface area contributed by atoms with Gasteiger partial charge in [-0.2, -0.15) is 0 Å². The van der Waals surface area contributed by atoms with Gasteiger partial charge >= 0.3 is 0 Å². The number of rotatable bonds is 8. The van der Waals surface area contributed by atoms with E-state index in [4.69, 9.17) is 4.74 Å². The second-order valence-corrected chi connectivity index (χ2v) is 3.72. The fraction of sp³-hybridized carbons (Fsp3) is 1.00. The first-order valence-corrected chi connectivity index (χ1v) is 6.07. The Kier molecular flexibility index (Phi) is 7.20. The largest absolute Gasteiger partial charge is 0.374 e. The summed E-state index contributed by atoms with van der Waals surface area (Å²) in [7, 11) is 0.